The monoisotopic (exact) mass is 301 g/mol. The molecule has 2 bridgehead atoms. The fourth-order valence-electron chi connectivity index (χ4n) is 4.16. The van der Waals surface area contributed by atoms with Crippen LogP contribution in [0.15, 0.2) is 11.6 Å². The van der Waals surface area contributed by atoms with Gasteiger partial charge in [0.05, 0.1) is 12.1 Å². The minimum absolute atomic E-state index is 0.0924. The molecule has 0 aromatic carbocycles. The zero-order chi connectivity index (χ0) is 15.9. The average Bonchev–Trinajstić information content (AvgIpc) is 2.79. The molecule has 2 atom stereocenters. The van der Waals surface area contributed by atoms with E-state index < -0.39 is 0 Å². The lowest BCUT2D eigenvalue weighted by Gasteiger charge is -2.56. The Morgan fingerprint density at radius 1 is 1.45 bits per heavy atom. The number of allylic oxidation sites excluding steroid dienone is 1. The molecule has 4 nitrogen and oxygen atoms in total. The van der Waals surface area contributed by atoms with Gasteiger partial charge >= 0.3 is 0 Å². The molecule has 1 fully saturated rings. The van der Waals surface area contributed by atoms with Gasteiger partial charge in [0.15, 0.2) is 0 Å². The number of fused-ring (bicyclic) bond motifs is 1. The highest BCUT2D eigenvalue weighted by Gasteiger charge is 2.50. The molecule has 120 valence electrons. The van der Waals surface area contributed by atoms with E-state index in [1.165, 1.54) is 12.8 Å². The van der Waals surface area contributed by atoms with Gasteiger partial charge in [0.2, 0.25) is 5.91 Å². The quantitative estimate of drug-likeness (QED) is 0.821. The van der Waals surface area contributed by atoms with Crippen LogP contribution in [0.2, 0.25) is 0 Å². The molecular formula is C18H27N3O. The first-order valence-electron chi connectivity index (χ1n) is 8.35. The second kappa shape index (κ2) is 5.56. The Balaban J connectivity index is 1.48. The van der Waals surface area contributed by atoms with Gasteiger partial charge < -0.3 is 5.32 Å². The number of hydrogen-bond donors (Lipinski definition) is 2. The fourth-order valence-corrected chi connectivity index (χ4v) is 4.16. The summed E-state index contributed by atoms with van der Waals surface area (Å²) in [4.78, 5) is 12.1. The number of aryl methyl sites for hydroxylation is 2. The molecule has 0 saturated heterocycles. The molecule has 4 heteroatoms. The smallest absolute Gasteiger partial charge is 0.224 e. The number of carbonyl (C=O) groups excluding carboxylic acids is 1. The first-order chi connectivity index (χ1) is 10.4. The van der Waals surface area contributed by atoms with Gasteiger partial charge in [-0.05, 0) is 50.4 Å². The number of nitrogens with zero attached hydrogens (tertiary/aromatic N) is 1. The van der Waals surface area contributed by atoms with Crippen molar-refractivity contribution in [1.82, 2.24) is 15.5 Å². The van der Waals surface area contributed by atoms with E-state index in [9.17, 15) is 4.79 Å². The molecule has 0 spiro atoms. The molecule has 1 saturated carbocycles. The predicted molar refractivity (Wildman–Crippen MR) is 87.5 cm³/mol. The van der Waals surface area contributed by atoms with Crippen LogP contribution in [0, 0.1) is 31.1 Å². The number of aromatic nitrogens is 2. The standard InChI is InChI=1S/C18H27N3O/c1-11-15(12(2)21-20-11)10-17(22)19-8-7-13-5-6-14-9-16(13)18(14,3)4/h5,14,16H,6-10H2,1-4H3,(H,19,22)(H,20,21)/t14-,16-/m0/s1. The number of carbonyl (C=O) groups is 1. The van der Waals surface area contributed by atoms with Crippen molar-refractivity contribution >= 4 is 5.91 Å². The minimum atomic E-state index is 0.0924. The van der Waals surface area contributed by atoms with Crippen molar-refractivity contribution in [2.45, 2.75) is 53.4 Å². The Hall–Kier alpha value is -1.58. The van der Waals surface area contributed by atoms with Crippen LogP contribution in [-0.2, 0) is 11.2 Å². The number of rotatable bonds is 5. The molecule has 0 radical (unpaired) electrons. The molecule has 2 N–H and O–H groups in total. The number of nitrogens with one attached hydrogen (secondary N) is 2. The number of H-pyrrole nitrogens is 1. The largest absolute Gasteiger partial charge is 0.355 e. The first kappa shape index (κ1) is 15.3. The Morgan fingerprint density at radius 3 is 2.82 bits per heavy atom. The Kier molecular flexibility index (Phi) is 3.87. The van der Waals surface area contributed by atoms with E-state index in [1.54, 1.807) is 5.57 Å². The fraction of sp³-hybridized carbons (Fsp3) is 0.667. The normalized spacial score (nSPS) is 25.4. The molecule has 1 amide bonds. The summed E-state index contributed by atoms with van der Waals surface area (Å²) < 4.78 is 0. The molecule has 4 rings (SSSR count). The van der Waals surface area contributed by atoms with Gasteiger partial charge in [-0.2, -0.15) is 5.10 Å². The third-order valence-electron chi connectivity index (χ3n) is 5.94. The van der Waals surface area contributed by atoms with Crippen LogP contribution in [0.1, 0.15) is 50.1 Å². The number of aromatic amines is 1. The van der Waals surface area contributed by atoms with E-state index in [0.29, 0.717) is 11.8 Å². The summed E-state index contributed by atoms with van der Waals surface area (Å²) in [6, 6.07) is 0. The van der Waals surface area contributed by atoms with Crippen molar-refractivity contribution in [2.24, 2.45) is 17.3 Å². The first-order valence-corrected chi connectivity index (χ1v) is 8.35. The third kappa shape index (κ3) is 2.59. The molecule has 3 aliphatic carbocycles. The van der Waals surface area contributed by atoms with Crippen molar-refractivity contribution in [3.63, 3.8) is 0 Å². The summed E-state index contributed by atoms with van der Waals surface area (Å²) in [5, 5.41) is 10.1. The summed E-state index contributed by atoms with van der Waals surface area (Å²) in [6.45, 7) is 9.43. The topological polar surface area (TPSA) is 57.8 Å². The number of amides is 1. The molecule has 0 unspecified atom stereocenters. The van der Waals surface area contributed by atoms with Crippen molar-refractivity contribution < 1.29 is 4.79 Å². The highest BCUT2D eigenvalue weighted by molar-refractivity contribution is 5.79. The van der Waals surface area contributed by atoms with Gasteiger partial charge in [0.1, 0.15) is 0 Å². The third-order valence-corrected chi connectivity index (χ3v) is 5.94. The second-order valence-corrected chi connectivity index (χ2v) is 7.51. The summed E-state index contributed by atoms with van der Waals surface area (Å²) in [7, 11) is 0. The van der Waals surface area contributed by atoms with Crippen molar-refractivity contribution in [3.05, 3.63) is 28.6 Å². The van der Waals surface area contributed by atoms with Crippen LogP contribution in [0.5, 0.6) is 0 Å². The summed E-state index contributed by atoms with van der Waals surface area (Å²) in [6.07, 6.45) is 6.40. The molecule has 0 aliphatic heterocycles. The summed E-state index contributed by atoms with van der Waals surface area (Å²) >= 11 is 0. The maximum Gasteiger partial charge on any atom is 0.224 e. The van der Waals surface area contributed by atoms with Gasteiger partial charge in [-0.15, -0.1) is 0 Å². The van der Waals surface area contributed by atoms with Crippen LogP contribution < -0.4 is 5.32 Å². The van der Waals surface area contributed by atoms with E-state index >= 15 is 0 Å². The zero-order valence-electron chi connectivity index (χ0n) is 14.1. The van der Waals surface area contributed by atoms with Gasteiger partial charge in [0.25, 0.3) is 0 Å². The van der Waals surface area contributed by atoms with E-state index in [2.05, 4.69) is 35.4 Å². The molecule has 1 aromatic rings. The molecule has 1 heterocycles. The van der Waals surface area contributed by atoms with Crippen LogP contribution in [-0.4, -0.2) is 22.6 Å². The summed E-state index contributed by atoms with van der Waals surface area (Å²) in [5.41, 5.74) is 4.97. The van der Waals surface area contributed by atoms with Crippen molar-refractivity contribution in [2.75, 3.05) is 6.54 Å². The molecule has 1 aromatic heterocycles. The highest BCUT2D eigenvalue weighted by Crippen LogP contribution is 2.59. The van der Waals surface area contributed by atoms with E-state index in [0.717, 1.165) is 41.8 Å². The van der Waals surface area contributed by atoms with Gasteiger partial charge in [0, 0.05) is 17.8 Å². The van der Waals surface area contributed by atoms with E-state index in [4.69, 9.17) is 0 Å². The van der Waals surface area contributed by atoms with Crippen molar-refractivity contribution in [1.29, 1.82) is 0 Å². The SMILES string of the molecule is Cc1n[nH]c(C)c1CC(=O)NCCC1=CC[C@H]2C[C@@H]1C2(C)C. The van der Waals surface area contributed by atoms with Crippen molar-refractivity contribution in [3.8, 4) is 0 Å². The minimum Gasteiger partial charge on any atom is -0.355 e. The van der Waals surface area contributed by atoms with Crippen LogP contribution in [0.3, 0.4) is 0 Å². The average molecular weight is 301 g/mol. The van der Waals surface area contributed by atoms with E-state index in [-0.39, 0.29) is 5.91 Å². The summed E-state index contributed by atoms with van der Waals surface area (Å²) in [5.74, 6) is 1.71. The van der Waals surface area contributed by atoms with Gasteiger partial charge in [-0.25, -0.2) is 0 Å². The highest BCUT2D eigenvalue weighted by atomic mass is 16.1. The van der Waals surface area contributed by atoms with Crippen LogP contribution in [0.25, 0.3) is 0 Å². The maximum atomic E-state index is 12.1. The molecule has 22 heavy (non-hydrogen) atoms. The van der Waals surface area contributed by atoms with Gasteiger partial charge in [-0.1, -0.05) is 25.5 Å². The second-order valence-electron chi connectivity index (χ2n) is 7.51. The van der Waals surface area contributed by atoms with Crippen LogP contribution >= 0.6 is 0 Å². The zero-order valence-corrected chi connectivity index (χ0v) is 14.1. The lowest BCUT2D eigenvalue weighted by Crippen LogP contribution is -2.48. The molecular weight excluding hydrogens is 274 g/mol. The predicted octanol–water partition coefficient (Wildman–Crippen LogP) is 3.07. The number of hydrogen-bond acceptors (Lipinski definition) is 2. The van der Waals surface area contributed by atoms with Gasteiger partial charge in [-0.3, -0.25) is 9.89 Å². The molecule has 3 aliphatic rings. The van der Waals surface area contributed by atoms with E-state index in [1.807, 2.05) is 13.8 Å². The maximum absolute atomic E-state index is 12.1. The Morgan fingerprint density at radius 2 is 2.23 bits per heavy atom. The van der Waals surface area contributed by atoms with Crippen LogP contribution in [0.4, 0.5) is 0 Å². The Bertz CT molecular complexity index is 592. The lowest BCUT2D eigenvalue weighted by atomic mass is 9.48. The Labute approximate surface area is 132 Å². The lowest BCUT2D eigenvalue weighted by molar-refractivity contribution is -0.120.